The number of benzene rings is 2. The molecule has 0 unspecified atom stereocenters. The number of para-hydroxylation sites is 1. The molecule has 2 aromatic carbocycles. The number of aryl methyl sites for hydroxylation is 1. The van der Waals surface area contributed by atoms with Gasteiger partial charge >= 0.3 is 0 Å². The molecule has 3 aromatic rings. The third-order valence-electron chi connectivity index (χ3n) is 3.81. The quantitative estimate of drug-likeness (QED) is 0.803. The summed E-state index contributed by atoms with van der Waals surface area (Å²) in [5.74, 6) is -0.0374. The SMILES string of the molecule is Cc1nn(CC(=O)N[C@@H](C)c2ccccc2)c2ccccc12. The van der Waals surface area contributed by atoms with Crippen LogP contribution in [0.3, 0.4) is 0 Å². The van der Waals surface area contributed by atoms with Gasteiger partial charge in [0.2, 0.25) is 5.91 Å². The van der Waals surface area contributed by atoms with Crippen molar-refractivity contribution in [2.45, 2.75) is 26.4 Å². The van der Waals surface area contributed by atoms with Crippen molar-refractivity contribution in [3.05, 3.63) is 65.9 Å². The first-order valence-corrected chi connectivity index (χ1v) is 7.41. The van der Waals surface area contributed by atoms with Gasteiger partial charge in [0, 0.05) is 5.39 Å². The second kappa shape index (κ2) is 6.02. The summed E-state index contributed by atoms with van der Waals surface area (Å²) >= 11 is 0. The van der Waals surface area contributed by atoms with Crippen molar-refractivity contribution in [1.29, 1.82) is 0 Å². The van der Waals surface area contributed by atoms with Crippen LogP contribution in [0.4, 0.5) is 0 Å². The zero-order chi connectivity index (χ0) is 15.5. The zero-order valence-electron chi connectivity index (χ0n) is 12.8. The molecule has 1 N–H and O–H groups in total. The topological polar surface area (TPSA) is 46.9 Å². The lowest BCUT2D eigenvalue weighted by molar-refractivity contribution is -0.122. The second-order valence-corrected chi connectivity index (χ2v) is 5.46. The molecular weight excluding hydrogens is 274 g/mol. The lowest BCUT2D eigenvalue weighted by Crippen LogP contribution is -2.30. The summed E-state index contributed by atoms with van der Waals surface area (Å²) in [6.07, 6.45) is 0. The number of rotatable bonds is 4. The van der Waals surface area contributed by atoms with Crippen LogP contribution in [-0.4, -0.2) is 15.7 Å². The number of amides is 1. The van der Waals surface area contributed by atoms with Gasteiger partial charge in [-0.3, -0.25) is 9.48 Å². The Hall–Kier alpha value is -2.62. The van der Waals surface area contributed by atoms with Crippen molar-refractivity contribution in [1.82, 2.24) is 15.1 Å². The van der Waals surface area contributed by atoms with Crippen molar-refractivity contribution >= 4 is 16.8 Å². The van der Waals surface area contributed by atoms with Gasteiger partial charge in [0.1, 0.15) is 6.54 Å². The first kappa shape index (κ1) is 14.3. The molecule has 4 heteroatoms. The molecule has 0 aliphatic rings. The van der Waals surface area contributed by atoms with Gasteiger partial charge in [0.15, 0.2) is 0 Å². The van der Waals surface area contributed by atoms with Crippen LogP contribution in [0.15, 0.2) is 54.6 Å². The lowest BCUT2D eigenvalue weighted by Gasteiger charge is -2.14. The van der Waals surface area contributed by atoms with Crippen LogP contribution in [0, 0.1) is 6.92 Å². The first-order chi connectivity index (χ1) is 10.6. The summed E-state index contributed by atoms with van der Waals surface area (Å²) in [6, 6.07) is 17.9. The molecule has 0 spiro atoms. The summed E-state index contributed by atoms with van der Waals surface area (Å²) in [6.45, 7) is 4.18. The maximum atomic E-state index is 12.3. The summed E-state index contributed by atoms with van der Waals surface area (Å²) < 4.78 is 1.76. The molecule has 112 valence electrons. The van der Waals surface area contributed by atoms with E-state index in [2.05, 4.69) is 10.4 Å². The normalized spacial score (nSPS) is 12.3. The summed E-state index contributed by atoms with van der Waals surface area (Å²) in [5.41, 5.74) is 3.03. The van der Waals surface area contributed by atoms with Crippen LogP contribution < -0.4 is 5.32 Å². The number of aromatic nitrogens is 2. The van der Waals surface area contributed by atoms with E-state index in [1.165, 1.54) is 0 Å². The Labute approximate surface area is 129 Å². The molecule has 3 rings (SSSR count). The first-order valence-electron chi connectivity index (χ1n) is 7.41. The predicted molar refractivity (Wildman–Crippen MR) is 87.5 cm³/mol. The lowest BCUT2D eigenvalue weighted by atomic mass is 10.1. The highest BCUT2D eigenvalue weighted by Gasteiger charge is 2.13. The van der Waals surface area contributed by atoms with Crippen LogP contribution in [-0.2, 0) is 11.3 Å². The van der Waals surface area contributed by atoms with Gasteiger partial charge in [0.25, 0.3) is 0 Å². The number of hydrogen-bond donors (Lipinski definition) is 1. The van der Waals surface area contributed by atoms with Gasteiger partial charge in [0.05, 0.1) is 17.3 Å². The number of nitrogens with one attached hydrogen (secondary N) is 1. The molecule has 1 atom stereocenters. The average molecular weight is 293 g/mol. The number of carbonyl (C=O) groups is 1. The fraction of sp³-hybridized carbons (Fsp3) is 0.222. The Morgan fingerprint density at radius 1 is 1.14 bits per heavy atom. The Kier molecular flexibility index (Phi) is 3.92. The summed E-state index contributed by atoms with van der Waals surface area (Å²) in [4.78, 5) is 12.3. The minimum Gasteiger partial charge on any atom is -0.348 e. The highest BCUT2D eigenvalue weighted by atomic mass is 16.2. The zero-order valence-corrected chi connectivity index (χ0v) is 12.8. The van der Waals surface area contributed by atoms with Gasteiger partial charge in [-0.25, -0.2) is 0 Å². The highest BCUT2D eigenvalue weighted by molar-refractivity contribution is 5.84. The molecule has 0 aliphatic carbocycles. The van der Waals surface area contributed by atoms with E-state index in [1.54, 1.807) is 4.68 Å². The summed E-state index contributed by atoms with van der Waals surface area (Å²) in [7, 11) is 0. The Morgan fingerprint density at radius 2 is 1.82 bits per heavy atom. The average Bonchev–Trinajstić information content (AvgIpc) is 2.85. The van der Waals surface area contributed by atoms with Gasteiger partial charge < -0.3 is 5.32 Å². The van der Waals surface area contributed by atoms with Crippen molar-refractivity contribution in [2.24, 2.45) is 0 Å². The van der Waals surface area contributed by atoms with Crippen LogP contribution in [0.5, 0.6) is 0 Å². The van der Waals surface area contributed by atoms with E-state index in [4.69, 9.17) is 0 Å². The van der Waals surface area contributed by atoms with E-state index in [0.29, 0.717) is 0 Å². The van der Waals surface area contributed by atoms with Crippen LogP contribution in [0.2, 0.25) is 0 Å². The maximum absolute atomic E-state index is 12.3. The van der Waals surface area contributed by atoms with E-state index in [9.17, 15) is 4.79 Å². The monoisotopic (exact) mass is 293 g/mol. The van der Waals surface area contributed by atoms with E-state index in [-0.39, 0.29) is 18.5 Å². The molecule has 0 fully saturated rings. The molecule has 1 aromatic heterocycles. The molecule has 22 heavy (non-hydrogen) atoms. The molecule has 0 saturated carbocycles. The molecule has 4 nitrogen and oxygen atoms in total. The van der Waals surface area contributed by atoms with Gasteiger partial charge in [-0.2, -0.15) is 5.10 Å². The molecule has 0 aliphatic heterocycles. The van der Waals surface area contributed by atoms with Gasteiger partial charge in [-0.15, -0.1) is 0 Å². The Bertz CT molecular complexity index is 792. The van der Waals surface area contributed by atoms with Gasteiger partial charge in [-0.1, -0.05) is 48.5 Å². The number of hydrogen-bond acceptors (Lipinski definition) is 2. The molecule has 0 radical (unpaired) electrons. The molecule has 1 heterocycles. The third kappa shape index (κ3) is 2.86. The fourth-order valence-electron chi connectivity index (χ4n) is 2.66. The largest absolute Gasteiger partial charge is 0.348 e. The maximum Gasteiger partial charge on any atom is 0.242 e. The van der Waals surface area contributed by atoms with E-state index >= 15 is 0 Å². The van der Waals surface area contributed by atoms with Crippen LogP contribution >= 0.6 is 0 Å². The van der Waals surface area contributed by atoms with Crippen molar-refractivity contribution < 1.29 is 4.79 Å². The minimum atomic E-state index is -0.0374. The van der Waals surface area contributed by atoms with E-state index in [0.717, 1.165) is 22.2 Å². The van der Waals surface area contributed by atoms with Gasteiger partial charge in [-0.05, 0) is 25.5 Å². The standard InChI is InChI=1S/C18H19N3O/c1-13(15-8-4-3-5-9-15)19-18(22)12-21-17-11-7-6-10-16(17)14(2)20-21/h3-11,13H,12H2,1-2H3,(H,19,22)/t13-/m0/s1. The molecule has 0 bridgehead atoms. The highest BCUT2D eigenvalue weighted by Crippen LogP contribution is 2.17. The van der Waals surface area contributed by atoms with E-state index in [1.807, 2.05) is 68.4 Å². The number of fused-ring (bicyclic) bond motifs is 1. The number of carbonyl (C=O) groups excluding carboxylic acids is 1. The fourth-order valence-corrected chi connectivity index (χ4v) is 2.66. The molecular formula is C18H19N3O. The smallest absolute Gasteiger partial charge is 0.242 e. The Balaban J connectivity index is 1.74. The van der Waals surface area contributed by atoms with Crippen molar-refractivity contribution in [2.75, 3.05) is 0 Å². The predicted octanol–water partition coefficient (Wildman–Crippen LogP) is 3.22. The van der Waals surface area contributed by atoms with E-state index < -0.39 is 0 Å². The second-order valence-electron chi connectivity index (χ2n) is 5.46. The van der Waals surface area contributed by atoms with Crippen molar-refractivity contribution in [3.63, 3.8) is 0 Å². The third-order valence-corrected chi connectivity index (χ3v) is 3.81. The van der Waals surface area contributed by atoms with Crippen LogP contribution in [0.1, 0.15) is 24.2 Å². The molecule has 0 saturated heterocycles. The minimum absolute atomic E-state index is 0.0170. The molecule has 1 amide bonds. The number of nitrogens with zero attached hydrogens (tertiary/aromatic N) is 2. The Morgan fingerprint density at radius 3 is 2.59 bits per heavy atom. The van der Waals surface area contributed by atoms with Crippen molar-refractivity contribution in [3.8, 4) is 0 Å². The van der Waals surface area contributed by atoms with Crippen LogP contribution in [0.25, 0.3) is 10.9 Å². The summed E-state index contributed by atoms with van der Waals surface area (Å²) in [5, 5.41) is 8.57.